The Balaban J connectivity index is 2.57. The third-order valence-corrected chi connectivity index (χ3v) is 3.29. The Bertz CT molecular complexity index is 561. The summed E-state index contributed by atoms with van der Waals surface area (Å²) < 4.78 is 5.30. The number of amides is 2. The van der Waals surface area contributed by atoms with Crippen molar-refractivity contribution in [3.8, 4) is 11.8 Å². The van der Waals surface area contributed by atoms with Crippen LogP contribution in [0.5, 0.6) is 5.75 Å². The Labute approximate surface area is 123 Å². The lowest BCUT2D eigenvalue weighted by molar-refractivity contribution is -0.124. The van der Waals surface area contributed by atoms with E-state index in [2.05, 4.69) is 11.4 Å². The maximum Gasteiger partial charge on any atom is 0.259 e. The van der Waals surface area contributed by atoms with Gasteiger partial charge in [-0.15, -0.1) is 0 Å². The number of nitrogens with one attached hydrogen (secondary N) is 1. The van der Waals surface area contributed by atoms with Gasteiger partial charge in [-0.1, -0.05) is 13.8 Å². The lowest BCUT2D eigenvalue weighted by Gasteiger charge is -2.27. The summed E-state index contributed by atoms with van der Waals surface area (Å²) in [4.78, 5) is 22.7. The molecule has 112 valence electrons. The van der Waals surface area contributed by atoms with E-state index in [9.17, 15) is 9.59 Å². The Kier molecular flexibility index (Phi) is 5.30. The summed E-state index contributed by atoms with van der Waals surface area (Å²) in [5.74, 6) is -0.493. The molecule has 0 bridgehead atoms. The molecule has 1 atom stereocenters. The van der Waals surface area contributed by atoms with Crippen LogP contribution < -0.4 is 15.8 Å². The van der Waals surface area contributed by atoms with Crippen LogP contribution in [-0.2, 0) is 4.79 Å². The van der Waals surface area contributed by atoms with E-state index in [4.69, 9.17) is 15.7 Å². The predicted octanol–water partition coefficient (Wildman–Crippen LogP) is 1.22. The molecule has 0 saturated carbocycles. The number of nitrogens with two attached hydrogens (primary N) is 1. The van der Waals surface area contributed by atoms with Crippen LogP contribution in [0.25, 0.3) is 0 Å². The van der Waals surface area contributed by atoms with E-state index in [0.29, 0.717) is 11.3 Å². The van der Waals surface area contributed by atoms with Gasteiger partial charge in [0, 0.05) is 5.56 Å². The van der Waals surface area contributed by atoms with Crippen molar-refractivity contribution in [3.63, 3.8) is 0 Å². The highest BCUT2D eigenvalue weighted by atomic mass is 16.5. The van der Waals surface area contributed by atoms with E-state index in [1.165, 1.54) is 12.1 Å². The molecule has 1 rings (SSSR count). The van der Waals surface area contributed by atoms with Crippen LogP contribution in [0.1, 0.15) is 31.1 Å². The van der Waals surface area contributed by atoms with Gasteiger partial charge in [-0.3, -0.25) is 9.59 Å². The van der Waals surface area contributed by atoms with Crippen molar-refractivity contribution >= 4 is 11.8 Å². The summed E-state index contributed by atoms with van der Waals surface area (Å²) in [7, 11) is 0. The predicted molar refractivity (Wildman–Crippen MR) is 77.5 cm³/mol. The maximum atomic E-state index is 11.8. The van der Waals surface area contributed by atoms with Gasteiger partial charge in [0.25, 0.3) is 5.91 Å². The first kappa shape index (κ1) is 16.5. The highest BCUT2D eigenvalue weighted by molar-refractivity contribution is 5.92. The molecule has 1 aromatic rings. The maximum absolute atomic E-state index is 11.8. The molecule has 0 unspecified atom stereocenters. The normalized spacial score (nSPS) is 13.1. The van der Waals surface area contributed by atoms with Gasteiger partial charge in [-0.2, -0.15) is 5.26 Å². The van der Waals surface area contributed by atoms with Crippen LogP contribution in [0.3, 0.4) is 0 Å². The number of nitrogens with zero attached hydrogens (tertiary/aromatic N) is 1. The van der Waals surface area contributed by atoms with Gasteiger partial charge in [0.05, 0.1) is 6.07 Å². The van der Waals surface area contributed by atoms with Crippen molar-refractivity contribution in [2.24, 2.45) is 11.7 Å². The topological polar surface area (TPSA) is 105 Å². The molecule has 0 aliphatic heterocycles. The molecule has 0 saturated heterocycles. The molecule has 0 heterocycles. The number of rotatable bonds is 6. The van der Waals surface area contributed by atoms with Crippen LogP contribution in [0.2, 0.25) is 0 Å². The molecule has 3 N–H and O–H groups in total. The lowest BCUT2D eigenvalue weighted by Crippen LogP contribution is -2.50. The summed E-state index contributed by atoms with van der Waals surface area (Å²) in [5, 5.41) is 11.8. The second-order valence-corrected chi connectivity index (χ2v) is 5.19. The molecule has 0 spiro atoms. The number of hydrogen-bond acceptors (Lipinski definition) is 4. The van der Waals surface area contributed by atoms with E-state index >= 15 is 0 Å². The van der Waals surface area contributed by atoms with Crippen LogP contribution >= 0.6 is 0 Å². The first-order valence-electron chi connectivity index (χ1n) is 6.53. The second-order valence-electron chi connectivity index (χ2n) is 5.19. The fraction of sp³-hybridized carbons (Fsp3) is 0.400. The van der Waals surface area contributed by atoms with E-state index in [1.54, 1.807) is 19.1 Å². The van der Waals surface area contributed by atoms with Gasteiger partial charge >= 0.3 is 0 Å². The van der Waals surface area contributed by atoms with Crippen LogP contribution in [0, 0.1) is 17.2 Å². The summed E-state index contributed by atoms with van der Waals surface area (Å²) >= 11 is 0. The fourth-order valence-corrected chi connectivity index (χ4v) is 1.49. The van der Waals surface area contributed by atoms with Gasteiger partial charge in [-0.25, -0.2) is 0 Å². The van der Waals surface area contributed by atoms with Crippen molar-refractivity contribution in [1.82, 2.24) is 5.32 Å². The second kappa shape index (κ2) is 6.75. The molecule has 0 fully saturated rings. The van der Waals surface area contributed by atoms with Crippen molar-refractivity contribution in [1.29, 1.82) is 5.26 Å². The van der Waals surface area contributed by atoms with Crippen molar-refractivity contribution in [3.05, 3.63) is 29.8 Å². The molecule has 6 nitrogen and oxygen atoms in total. The molecule has 21 heavy (non-hydrogen) atoms. The number of ether oxygens (including phenoxy) is 1. The van der Waals surface area contributed by atoms with Gasteiger partial charge in [-0.05, 0) is 37.1 Å². The molecule has 0 aliphatic carbocycles. The van der Waals surface area contributed by atoms with E-state index in [0.717, 1.165) is 0 Å². The molecular formula is C15H19N3O3. The molecule has 0 aromatic heterocycles. The molecule has 0 aliphatic rings. The Morgan fingerprint density at radius 3 is 2.38 bits per heavy atom. The molecule has 2 amide bonds. The third-order valence-electron chi connectivity index (χ3n) is 3.29. The summed E-state index contributed by atoms with van der Waals surface area (Å²) in [6.07, 6.45) is 0. The monoisotopic (exact) mass is 289 g/mol. The highest BCUT2D eigenvalue weighted by Gasteiger charge is 2.29. The number of primary amides is 1. The number of hydrogen-bond donors (Lipinski definition) is 2. The minimum atomic E-state index is -0.934. The van der Waals surface area contributed by atoms with Crippen molar-refractivity contribution < 1.29 is 14.3 Å². The lowest BCUT2D eigenvalue weighted by atomic mass is 9.90. The molecule has 0 radical (unpaired) electrons. The standard InChI is InChI=1S/C15H19N3O3/c1-10(2)15(3,9-16)18-13(19)8-21-12-6-4-11(5-7-12)14(17)20/h4-7,10H,8H2,1-3H3,(H2,17,20)(H,18,19)/t15-/m1/s1. The van der Waals surface area contributed by atoms with Gasteiger partial charge in [0.15, 0.2) is 6.61 Å². The average molecular weight is 289 g/mol. The van der Waals surface area contributed by atoms with E-state index in [1.807, 2.05) is 13.8 Å². The minimum absolute atomic E-state index is 0.0266. The van der Waals surface area contributed by atoms with Crippen molar-refractivity contribution in [2.45, 2.75) is 26.3 Å². The van der Waals surface area contributed by atoms with Crippen molar-refractivity contribution in [2.75, 3.05) is 6.61 Å². The zero-order valence-corrected chi connectivity index (χ0v) is 12.3. The van der Waals surface area contributed by atoms with Gasteiger partial charge in [0.2, 0.25) is 5.91 Å². The Hall–Kier alpha value is -2.55. The zero-order chi connectivity index (χ0) is 16.0. The minimum Gasteiger partial charge on any atom is -0.484 e. The average Bonchev–Trinajstić information content (AvgIpc) is 2.45. The SMILES string of the molecule is CC(C)[C@@](C)(C#N)NC(=O)COc1ccc(C(N)=O)cc1. The van der Waals surface area contributed by atoms with Crippen LogP contribution in [-0.4, -0.2) is 24.0 Å². The Morgan fingerprint density at radius 2 is 1.95 bits per heavy atom. The van der Waals surface area contributed by atoms with E-state index < -0.39 is 11.4 Å². The quantitative estimate of drug-likeness (QED) is 0.821. The van der Waals surface area contributed by atoms with Gasteiger partial charge in [0.1, 0.15) is 11.3 Å². The summed E-state index contributed by atoms with van der Waals surface area (Å²) in [5.41, 5.74) is 4.55. The Morgan fingerprint density at radius 1 is 1.38 bits per heavy atom. The number of benzene rings is 1. The first-order valence-corrected chi connectivity index (χ1v) is 6.53. The van der Waals surface area contributed by atoms with Gasteiger partial charge < -0.3 is 15.8 Å². The molecule has 6 heteroatoms. The number of carbonyl (C=O) groups is 2. The van der Waals surface area contributed by atoms with Crippen LogP contribution in [0.4, 0.5) is 0 Å². The third kappa shape index (κ3) is 4.49. The fourth-order valence-electron chi connectivity index (χ4n) is 1.49. The zero-order valence-electron chi connectivity index (χ0n) is 12.3. The number of nitriles is 1. The first-order chi connectivity index (χ1) is 9.78. The smallest absolute Gasteiger partial charge is 0.259 e. The highest BCUT2D eigenvalue weighted by Crippen LogP contribution is 2.15. The largest absolute Gasteiger partial charge is 0.484 e. The number of carbonyl (C=O) groups excluding carboxylic acids is 2. The molecular weight excluding hydrogens is 270 g/mol. The summed E-state index contributed by atoms with van der Waals surface area (Å²) in [6.45, 7) is 5.16. The molecule has 1 aromatic carbocycles. The van der Waals surface area contributed by atoms with E-state index in [-0.39, 0.29) is 18.4 Å². The van der Waals surface area contributed by atoms with Crippen LogP contribution in [0.15, 0.2) is 24.3 Å². The summed E-state index contributed by atoms with van der Waals surface area (Å²) in [6, 6.07) is 8.23.